The van der Waals surface area contributed by atoms with Crippen molar-refractivity contribution in [3.8, 4) is 0 Å². The van der Waals surface area contributed by atoms with Crippen molar-refractivity contribution in [2.75, 3.05) is 23.3 Å². The third kappa shape index (κ3) is 5.18. The second kappa shape index (κ2) is 8.17. The molecule has 6 nitrogen and oxygen atoms in total. The molecule has 0 radical (unpaired) electrons. The molecular formula is C20H29N5O. The van der Waals surface area contributed by atoms with Gasteiger partial charge in [-0.1, -0.05) is 0 Å². The van der Waals surface area contributed by atoms with Crippen LogP contribution in [-0.2, 0) is 0 Å². The number of rotatable bonds is 6. The van der Waals surface area contributed by atoms with Gasteiger partial charge in [0.2, 0.25) is 5.95 Å². The molecule has 0 fully saturated rings. The Morgan fingerprint density at radius 1 is 1.15 bits per heavy atom. The Bertz CT molecular complexity index is 763. The zero-order valence-electron chi connectivity index (χ0n) is 16.6. The maximum absolute atomic E-state index is 12.3. The predicted octanol–water partition coefficient (Wildman–Crippen LogP) is 3.90. The number of amides is 1. The average Bonchev–Trinajstić information content (AvgIpc) is 2.57. The maximum Gasteiger partial charge on any atom is 0.270 e. The van der Waals surface area contributed by atoms with Crippen molar-refractivity contribution >= 4 is 23.2 Å². The molecule has 0 atom stereocenters. The standard InChI is InChI=1S/C20H29N5O/c1-7-25(8-2)15-9-10-16(14(3)13-15)22-19-21-12-11-17(23-19)18(26)24-20(4,5)6/h9-13H,7-8H2,1-6H3,(H,24,26)(H,21,22,23). The van der Waals surface area contributed by atoms with Crippen LogP contribution in [0.15, 0.2) is 30.5 Å². The molecule has 0 unspecified atom stereocenters. The lowest BCUT2D eigenvalue weighted by atomic mass is 10.1. The van der Waals surface area contributed by atoms with Crippen molar-refractivity contribution < 1.29 is 4.79 Å². The molecule has 0 bridgehead atoms. The molecule has 0 saturated heterocycles. The van der Waals surface area contributed by atoms with E-state index in [0.717, 1.165) is 24.3 Å². The number of aromatic nitrogens is 2. The molecule has 0 saturated carbocycles. The van der Waals surface area contributed by atoms with Gasteiger partial charge in [0.25, 0.3) is 5.91 Å². The lowest BCUT2D eigenvalue weighted by Gasteiger charge is -2.22. The van der Waals surface area contributed by atoms with Crippen LogP contribution < -0.4 is 15.5 Å². The summed E-state index contributed by atoms with van der Waals surface area (Å²) >= 11 is 0. The summed E-state index contributed by atoms with van der Waals surface area (Å²) in [4.78, 5) is 23.1. The first-order valence-electron chi connectivity index (χ1n) is 9.01. The molecule has 26 heavy (non-hydrogen) atoms. The summed E-state index contributed by atoms with van der Waals surface area (Å²) in [5.41, 5.74) is 3.25. The van der Waals surface area contributed by atoms with E-state index in [1.165, 1.54) is 5.69 Å². The molecule has 1 aromatic heterocycles. The molecule has 6 heteroatoms. The smallest absolute Gasteiger partial charge is 0.270 e. The third-order valence-corrected chi connectivity index (χ3v) is 3.96. The number of nitrogens with one attached hydrogen (secondary N) is 2. The van der Waals surface area contributed by atoms with E-state index in [1.54, 1.807) is 12.3 Å². The summed E-state index contributed by atoms with van der Waals surface area (Å²) in [6.07, 6.45) is 1.59. The number of aryl methyl sites for hydroxylation is 1. The van der Waals surface area contributed by atoms with E-state index >= 15 is 0 Å². The first-order chi connectivity index (χ1) is 12.2. The van der Waals surface area contributed by atoms with Crippen molar-refractivity contribution in [2.24, 2.45) is 0 Å². The summed E-state index contributed by atoms with van der Waals surface area (Å²) in [7, 11) is 0. The van der Waals surface area contributed by atoms with Gasteiger partial charge in [-0.15, -0.1) is 0 Å². The predicted molar refractivity (Wildman–Crippen MR) is 107 cm³/mol. The summed E-state index contributed by atoms with van der Waals surface area (Å²) in [6, 6.07) is 7.86. The molecule has 0 spiro atoms. The fourth-order valence-corrected chi connectivity index (χ4v) is 2.64. The van der Waals surface area contributed by atoms with Gasteiger partial charge in [0.1, 0.15) is 5.69 Å². The highest BCUT2D eigenvalue weighted by Crippen LogP contribution is 2.24. The van der Waals surface area contributed by atoms with E-state index in [0.29, 0.717) is 11.6 Å². The Hall–Kier alpha value is -2.63. The summed E-state index contributed by atoms with van der Waals surface area (Å²) in [5.74, 6) is 0.196. The SMILES string of the molecule is CCN(CC)c1ccc(Nc2nccc(C(=O)NC(C)(C)C)n2)c(C)c1. The van der Waals surface area contributed by atoms with Crippen molar-refractivity contribution in [1.82, 2.24) is 15.3 Å². The van der Waals surface area contributed by atoms with Gasteiger partial charge < -0.3 is 15.5 Å². The lowest BCUT2D eigenvalue weighted by molar-refractivity contribution is 0.0914. The largest absolute Gasteiger partial charge is 0.372 e. The first kappa shape index (κ1) is 19.7. The number of hydrogen-bond donors (Lipinski definition) is 2. The van der Waals surface area contributed by atoms with Crippen molar-refractivity contribution in [2.45, 2.75) is 47.1 Å². The van der Waals surface area contributed by atoms with Crippen LogP contribution in [0.2, 0.25) is 0 Å². The Morgan fingerprint density at radius 3 is 2.42 bits per heavy atom. The highest BCUT2D eigenvalue weighted by molar-refractivity contribution is 5.93. The molecule has 1 heterocycles. The second-order valence-corrected chi connectivity index (χ2v) is 7.27. The monoisotopic (exact) mass is 355 g/mol. The van der Waals surface area contributed by atoms with Gasteiger partial charge in [0, 0.05) is 36.2 Å². The Kier molecular flexibility index (Phi) is 6.18. The highest BCUT2D eigenvalue weighted by atomic mass is 16.2. The van der Waals surface area contributed by atoms with Crippen LogP contribution >= 0.6 is 0 Å². The van der Waals surface area contributed by atoms with Crippen LogP contribution in [0.4, 0.5) is 17.3 Å². The maximum atomic E-state index is 12.3. The summed E-state index contributed by atoms with van der Waals surface area (Å²) in [6.45, 7) is 14.1. The molecule has 140 valence electrons. The normalized spacial score (nSPS) is 11.2. The van der Waals surface area contributed by atoms with E-state index < -0.39 is 0 Å². The van der Waals surface area contributed by atoms with Crippen molar-refractivity contribution in [3.63, 3.8) is 0 Å². The number of nitrogens with zero attached hydrogens (tertiary/aromatic N) is 3. The molecular weight excluding hydrogens is 326 g/mol. The van der Waals surface area contributed by atoms with Gasteiger partial charge >= 0.3 is 0 Å². The van der Waals surface area contributed by atoms with Crippen molar-refractivity contribution in [1.29, 1.82) is 0 Å². The molecule has 1 amide bonds. The minimum atomic E-state index is -0.313. The molecule has 2 rings (SSSR count). The van der Waals surface area contributed by atoms with Crippen LogP contribution in [-0.4, -0.2) is 34.5 Å². The van der Waals surface area contributed by atoms with E-state index in [9.17, 15) is 4.79 Å². The van der Waals surface area contributed by atoms with Gasteiger partial charge in [0.15, 0.2) is 0 Å². The molecule has 2 N–H and O–H groups in total. The van der Waals surface area contributed by atoms with Gasteiger partial charge in [0.05, 0.1) is 0 Å². The number of anilines is 3. The van der Waals surface area contributed by atoms with Gasteiger partial charge in [-0.25, -0.2) is 9.97 Å². The molecule has 0 aliphatic rings. The molecule has 1 aromatic carbocycles. The fourth-order valence-electron chi connectivity index (χ4n) is 2.64. The summed E-state index contributed by atoms with van der Waals surface area (Å²) in [5, 5.41) is 6.12. The van der Waals surface area contributed by atoms with Gasteiger partial charge in [-0.3, -0.25) is 4.79 Å². The van der Waals surface area contributed by atoms with Gasteiger partial charge in [-0.2, -0.15) is 0 Å². The minimum Gasteiger partial charge on any atom is -0.372 e. The summed E-state index contributed by atoms with van der Waals surface area (Å²) < 4.78 is 0. The Balaban J connectivity index is 2.19. The van der Waals surface area contributed by atoms with E-state index in [1.807, 2.05) is 33.8 Å². The van der Waals surface area contributed by atoms with Crippen LogP contribution in [0, 0.1) is 6.92 Å². The third-order valence-electron chi connectivity index (χ3n) is 3.96. The number of benzene rings is 1. The molecule has 2 aromatic rings. The Morgan fingerprint density at radius 2 is 1.85 bits per heavy atom. The average molecular weight is 355 g/mol. The highest BCUT2D eigenvalue weighted by Gasteiger charge is 2.17. The number of carbonyl (C=O) groups is 1. The van der Waals surface area contributed by atoms with Gasteiger partial charge in [-0.05, 0) is 71.4 Å². The fraction of sp³-hybridized carbons (Fsp3) is 0.450. The van der Waals surface area contributed by atoms with Crippen LogP contribution in [0.1, 0.15) is 50.7 Å². The van der Waals surface area contributed by atoms with Crippen LogP contribution in [0.3, 0.4) is 0 Å². The quantitative estimate of drug-likeness (QED) is 0.822. The minimum absolute atomic E-state index is 0.212. The topological polar surface area (TPSA) is 70.2 Å². The van der Waals surface area contributed by atoms with Crippen LogP contribution in [0.25, 0.3) is 0 Å². The molecule has 0 aliphatic heterocycles. The van der Waals surface area contributed by atoms with Crippen LogP contribution in [0.5, 0.6) is 0 Å². The zero-order valence-corrected chi connectivity index (χ0v) is 16.6. The lowest BCUT2D eigenvalue weighted by Crippen LogP contribution is -2.41. The number of hydrogen-bond acceptors (Lipinski definition) is 5. The zero-order chi connectivity index (χ0) is 19.3. The van der Waals surface area contributed by atoms with Crippen molar-refractivity contribution in [3.05, 3.63) is 41.7 Å². The first-order valence-corrected chi connectivity index (χ1v) is 9.01. The second-order valence-electron chi connectivity index (χ2n) is 7.27. The van der Waals surface area contributed by atoms with E-state index in [4.69, 9.17) is 0 Å². The van der Waals surface area contributed by atoms with E-state index in [-0.39, 0.29) is 11.4 Å². The van der Waals surface area contributed by atoms with E-state index in [2.05, 4.69) is 51.5 Å². The number of carbonyl (C=O) groups excluding carboxylic acids is 1. The molecule has 0 aliphatic carbocycles. The Labute approximate surface area is 156 Å².